The van der Waals surface area contributed by atoms with Gasteiger partial charge in [0.25, 0.3) is 0 Å². The fourth-order valence-electron chi connectivity index (χ4n) is 1.18. The van der Waals surface area contributed by atoms with Crippen LogP contribution in [-0.4, -0.2) is 32.1 Å². The molecule has 0 spiro atoms. The molecule has 16 heavy (non-hydrogen) atoms. The van der Waals surface area contributed by atoms with Gasteiger partial charge in [-0.1, -0.05) is 11.6 Å². The van der Waals surface area contributed by atoms with Crippen molar-refractivity contribution in [1.82, 2.24) is 5.32 Å². The second-order valence-electron chi connectivity index (χ2n) is 3.58. The van der Waals surface area contributed by atoms with Gasteiger partial charge in [-0.2, -0.15) is 0 Å². The molecule has 90 valence electrons. The maximum absolute atomic E-state index is 10.9. The topological polar surface area (TPSA) is 66.4 Å². The first-order valence-electron chi connectivity index (χ1n) is 4.74. The number of hydrogen-bond acceptors (Lipinski definition) is 4. The highest BCUT2D eigenvalue weighted by Gasteiger charge is 2.03. The van der Waals surface area contributed by atoms with Crippen molar-refractivity contribution >= 4 is 21.4 Å². The van der Waals surface area contributed by atoms with E-state index in [0.29, 0.717) is 23.7 Å². The summed E-state index contributed by atoms with van der Waals surface area (Å²) in [7, 11) is -2.95. The van der Waals surface area contributed by atoms with Crippen LogP contribution in [0.3, 0.4) is 0 Å². The molecular weight excluding hydrogens is 250 g/mol. The van der Waals surface area contributed by atoms with Gasteiger partial charge < -0.3 is 10.4 Å². The Bertz CT molecular complexity index is 459. The van der Waals surface area contributed by atoms with Crippen molar-refractivity contribution in [2.45, 2.75) is 6.54 Å². The van der Waals surface area contributed by atoms with Crippen LogP contribution >= 0.6 is 11.6 Å². The Kier molecular flexibility index (Phi) is 4.58. The first kappa shape index (κ1) is 13.3. The Hall–Kier alpha value is -0.780. The van der Waals surface area contributed by atoms with Gasteiger partial charge in [-0.05, 0) is 18.2 Å². The average molecular weight is 264 g/mol. The number of nitrogens with one attached hydrogen (secondary N) is 1. The third-order valence-electron chi connectivity index (χ3n) is 2.01. The van der Waals surface area contributed by atoms with E-state index in [4.69, 9.17) is 11.6 Å². The van der Waals surface area contributed by atoms with Gasteiger partial charge in [-0.3, -0.25) is 0 Å². The number of phenols is 1. The summed E-state index contributed by atoms with van der Waals surface area (Å²) in [6, 6.07) is 4.75. The minimum atomic E-state index is -2.95. The molecule has 0 aliphatic carbocycles. The number of benzene rings is 1. The molecule has 6 heteroatoms. The van der Waals surface area contributed by atoms with Crippen LogP contribution in [0.1, 0.15) is 5.56 Å². The predicted molar refractivity (Wildman–Crippen MR) is 64.5 cm³/mol. The van der Waals surface area contributed by atoms with Gasteiger partial charge in [0.05, 0.1) is 5.75 Å². The van der Waals surface area contributed by atoms with Crippen molar-refractivity contribution < 1.29 is 13.5 Å². The highest BCUT2D eigenvalue weighted by molar-refractivity contribution is 7.90. The lowest BCUT2D eigenvalue weighted by Gasteiger charge is -2.06. The standard InChI is InChI=1S/C10H14ClNO3S/c1-16(14,15)5-4-12-7-8-6-9(11)2-3-10(8)13/h2-3,6,12-13H,4-5,7H2,1H3. The summed E-state index contributed by atoms with van der Waals surface area (Å²) in [5, 5.41) is 12.9. The molecule has 0 bridgehead atoms. The molecule has 1 aromatic carbocycles. The van der Waals surface area contributed by atoms with Gasteiger partial charge in [0.15, 0.2) is 0 Å². The highest BCUT2D eigenvalue weighted by atomic mass is 35.5. The van der Waals surface area contributed by atoms with Crippen molar-refractivity contribution in [1.29, 1.82) is 0 Å². The number of halogens is 1. The van der Waals surface area contributed by atoms with E-state index in [0.717, 1.165) is 0 Å². The van der Waals surface area contributed by atoms with Crippen molar-refractivity contribution in [3.63, 3.8) is 0 Å². The van der Waals surface area contributed by atoms with Crippen LogP contribution < -0.4 is 5.32 Å². The molecule has 1 aromatic rings. The van der Waals surface area contributed by atoms with Crippen LogP contribution in [-0.2, 0) is 16.4 Å². The number of sulfone groups is 1. The van der Waals surface area contributed by atoms with Crippen molar-refractivity contribution in [2.75, 3.05) is 18.6 Å². The molecule has 0 atom stereocenters. The Morgan fingerprint density at radius 3 is 2.75 bits per heavy atom. The smallest absolute Gasteiger partial charge is 0.148 e. The van der Waals surface area contributed by atoms with Gasteiger partial charge in [0.2, 0.25) is 0 Å². The Balaban J connectivity index is 2.46. The van der Waals surface area contributed by atoms with Crippen molar-refractivity contribution in [3.8, 4) is 5.75 Å². The van der Waals surface area contributed by atoms with Crippen LogP contribution in [0, 0.1) is 0 Å². The number of hydrogen-bond donors (Lipinski definition) is 2. The number of aromatic hydroxyl groups is 1. The third-order valence-corrected chi connectivity index (χ3v) is 3.19. The average Bonchev–Trinajstić information content (AvgIpc) is 2.16. The van der Waals surface area contributed by atoms with Gasteiger partial charge in [-0.25, -0.2) is 8.42 Å². The molecule has 0 heterocycles. The van der Waals surface area contributed by atoms with Gasteiger partial charge >= 0.3 is 0 Å². The van der Waals surface area contributed by atoms with E-state index < -0.39 is 9.84 Å². The molecule has 0 radical (unpaired) electrons. The maximum atomic E-state index is 10.9. The lowest BCUT2D eigenvalue weighted by atomic mass is 10.2. The summed E-state index contributed by atoms with van der Waals surface area (Å²) in [6.45, 7) is 0.743. The van der Waals surface area contributed by atoms with E-state index in [9.17, 15) is 13.5 Å². The van der Waals surface area contributed by atoms with Crippen LogP contribution in [0.4, 0.5) is 0 Å². The van der Waals surface area contributed by atoms with Crippen LogP contribution in [0.5, 0.6) is 5.75 Å². The lowest BCUT2D eigenvalue weighted by Crippen LogP contribution is -2.21. The molecular formula is C10H14ClNO3S. The molecule has 0 unspecified atom stereocenters. The summed E-state index contributed by atoms with van der Waals surface area (Å²) in [5.41, 5.74) is 0.654. The van der Waals surface area contributed by atoms with Crippen molar-refractivity contribution in [2.24, 2.45) is 0 Å². The minimum Gasteiger partial charge on any atom is -0.508 e. The summed E-state index contributed by atoms with van der Waals surface area (Å²) in [6.07, 6.45) is 1.19. The molecule has 1 rings (SSSR count). The molecule has 2 N–H and O–H groups in total. The summed E-state index contributed by atoms with van der Waals surface area (Å²) in [5.74, 6) is 0.227. The zero-order chi connectivity index (χ0) is 12.2. The first-order valence-corrected chi connectivity index (χ1v) is 7.18. The molecule has 0 fully saturated rings. The summed E-state index contributed by atoms with van der Waals surface area (Å²) < 4.78 is 21.7. The van der Waals surface area contributed by atoms with Gasteiger partial charge in [0, 0.05) is 29.9 Å². The molecule has 0 aliphatic rings. The number of rotatable bonds is 5. The molecule has 0 aliphatic heterocycles. The van der Waals surface area contributed by atoms with E-state index in [1.54, 1.807) is 12.1 Å². The van der Waals surface area contributed by atoms with Crippen LogP contribution in [0.25, 0.3) is 0 Å². The molecule has 0 saturated carbocycles. The van der Waals surface area contributed by atoms with Gasteiger partial charge in [-0.15, -0.1) is 0 Å². The Labute approximate surface area is 100 Å². The molecule has 0 saturated heterocycles. The fourth-order valence-corrected chi connectivity index (χ4v) is 1.89. The minimum absolute atomic E-state index is 0.0777. The van der Waals surface area contributed by atoms with Gasteiger partial charge in [0.1, 0.15) is 15.6 Å². The van der Waals surface area contributed by atoms with E-state index in [2.05, 4.69) is 5.32 Å². The fraction of sp³-hybridized carbons (Fsp3) is 0.400. The quantitative estimate of drug-likeness (QED) is 0.783. The Morgan fingerprint density at radius 2 is 2.12 bits per heavy atom. The van der Waals surface area contributed by atoms with E-state index >= 15 is 0 Å². The molecule has 0 aromatic heterocycles. The summed E-state index contributed by atoms with van der Waals surface area (Å²) >= 11 is 5.77. The van der Waals surface area contributed by atoms with Crippen LogP contribution in [0.2, 0.25) is 5.02 Å². The first-order chi connectivity index (χ1) is 7.38. The van der Waals surface area contributed by atoms with E-state index in [-0.39, 0.29) is 11.5 Å². The summed E-state index contributed by atoms with van der Waals surface area (Å²) in [4.78, 5) is 0. The lowest BCUT2D eigenvalue weighted by molar-refractivity contribution is 0.465. The third kappa shape index (κ3) is 4.83. The SMILES string of the molecule is CS(=O)(=O)CCNCc1cc(Cl)ccc1O. The predicted octanol–water partition coefficient (Wildman–Crippen LogP) is 1.18. The Morgan fingerprint density at radius 1 is 1.44 bits per heavy atom. The highest BCUT2D eigenvalue weighted by Crippen LogP contribution is 2.20. The van der Waals surface area contributed by atoms with E-state index in [1.165, 1.54) is 12.3 Å². The number of phenolic OH excluding ortho intramolecular Hbond substituents is 1. The zero-order valence-electron chi connectivity index (χ0n) is 8.90. The molecule has 4 nitrogen and oxygen atoms in total. The normalized spacial score (nSPS) is 11.6. The molecule has 0 amide bonds. The van der Waals surface area contributed by atoms with Crippen LogP contribution in [0.15, 0.2) is 18.2 Å². The van der Waals surface area contributed by atoms with Crippen molar-refractivity contribution in [3.05, 3.63) is 28.8 Å². The second-order valence-corrected chi connectivity index (χ2v) is 6.28. The largest absolute Gasteiger partial charge is 0.508 e. The zero-order valence-corrected chi connectivity index (χ0v) is 10.5. The maximum Gasteiger partial charge on any atom is 0.148 e. The second kappa shape index (κ2) is 5.52. The monoisotopic (exact) mass is 263 g/mol. The van der Waals surface area contributed by atoms with E-state index in [1.807, 2.05) is 0 Å².